The molecule has 23 heavy (non-hydrogen) atoms. The predicted molar refractivity (Wildman–Crippen MR) is 84.8 cm³/mol. The molecule has 3 aromatic rings. The maximum Gasteiger partial charge on any atom is 0.244 e. The normalized spacial score (nSPS) is 18.0. The number of aryl methyl sites for hydroxylation is 1. The van der Waals surface area contributed by atoms with Crippen LogP contribution in [-0.4, -0.2) is 48.9 Å². The van der Waals surface area contributed by atoms with Crippen LogP contribution < -0.4 is 0 Å². The second-order valence-electron chi connectivity index (χ2n) is 6.01. The summed E-state index contributed by atoms with van der Waals surface area (Å²) in [4.78, 5) is 22.1. The quantitative estimate of drug-likeness (QED) is 0.794. The molecule has 1 N–H and O–H groups in total. The number of aromatic nitrogens is 5. The molecule has 3 heterocycles. The lowest BCUT2D eigenvalue weighted by atomic mass is 10.1. The molecule has 4 rings (SSSR count). The maximum absolute atomic E-state index is 12.5. The Hall–Kier alpha value is -2.70. The van der Waals surface area contributed by atoms with Crippen molar-refractivity contribution in [3.05, 3.63) is 42.0 Å². The summed E-state index contributed by atoms with van der Waals surface area (Å²) in [5.74, 6) is 1.34. The molecule has 1 aliphatic rings. The number of nitrogens with zero attached hydrogens (tertiary/aromatic N) is 5. The number of H-pyrrole nitrogens is 1. The topological polar surface area (TPSA) is 79.7 Å². The molecule has 1 amide bonds. The summed E-state index contributed by atoms with van der Waals surface area (Å²) in [6, 6.07) is 7.67. The number of para-hydroxylation sites is 1. The molecule has 1 aliphatic heterocycles. The van der Waals surface area contributed by atoms with E-state index >= 15 is 0 Å². The van der Waals surface area contributed by atoms with E-state index < -0.39 is 0 Å². The molecule has 0 spiro atoms. The Kier molecular flexibility index (Phi) is 3.33. The maximum atomic E-state index is 12.5. The number of carbonyl (C=O) groups excluding carboxylic acids is 1. The van der Waals surface area contributed by atoms with E-state index in [9.17, 15) is 4.79 Å². The van der Waals surface area contributed by atoms with E-state index in [0.717, 1.165) is 35.5 Å². The average molecular weight is 310 g/mol. The highest BCUT2D eigenvalue weighted by molar-refractivity contribution is 5.80. The van der Waals surface area contributed by atoms with Crippen LogP contribution in [0.1, 0.15) is 23.9 Å². The van der Waals surface area contributed by atoms with Crippen molar-refractivity contribution in [3.63, 3.8) is 0 Å². The smallest absolute Gasteiger partial charge is 0.244 e. The minimum absolute atomic E-state index is 0.0754. The Morgan fingerprint density at radius 3 is 3.09 bits per heavy atom. The Labute approximate surface area is 133 Å². The lowest BCUT2D eigenvalue weighted by molar-refractivity contribution is -0.130. The molecular weight excluding hydrogens is 292 g/mol. The summed E-state index contributed by atoms with van der Waals surface area (Å²) in [6.07, 6.45) is 2.78. The lowest BCUT2D eigenvalue weighted by Crippen LogP contribution is -2.32. The van der Waals surface area contributed by atoms with Crippen molar-refractivity contribution in [1.29, 1.82) is 0 Å². The number of imidazole rings is 1. The highest BCUT2D eigenvalue weighted by Crippen LogP contribution is 2.25. The van der Waals surface area contributed by atoms with Gasteiger partial charge in [-0.15, -0.1) is 5.10 Å². The number of hydrogen-bond acceptors (Lipinski definition) is 4. The highest BCUT2D eigenvalue weighted by Gasteiger charge is 2.29. The van der Waals surface area contributed by atoms with Gasteiger partial charge in [0.15, 0.2) is 0 Å². The van der Waals surface area contributed by atoms with Crippen molar-refractivity contribution in [2.45, 2.75) is 25.8 Å². The first-order chi connectivity index (χ1) is 11.2. The summed E-state index contributed by atoms with van der Waals surface area (Å²) in [7, 11) is 0. The van der Waals surface area contributed by atoms with Gasteiger partial charge >= 0.3 is 0 Å². The predicted octanol–water partition coefficient (Wildman–Crippen LogP) is 1.48. The van der Waals surface area contributed by atoms with E-state index in [0.29, 0.717) is 12.5 Å². The van der Waals surface area contributed by atoms with E-state index in [1.807, 2.05) is 42.3 Å². The molecule has 0 aliphatic carbocycles. The number of likely N-dealkylation sites (tertiary alicyclic amines) is 1. The summed E-state index contributed by atoms with van der Waals surface area (Å²) < 4.78 is 1.67. The van der Waals surface area contributed by atoms with Gasteiger partial charge in [0, 0.05) is 30.9 Å². The summed E-state index contributed by atoms with van der Waals surface area (Å²) in [5, 5.41) is 8.18. The van der Waals surface area contributed by atoms with Crippen LogP contribution in [0.5, 0.6) is 0 Å². The standard InChI is InChI=1S/C16H18N6O/c1-11-8-17-16(18-11)12-6-7-21(9-12)15(23)10-22-14-5-3-2-4-13(14)19-20-22/h2-5,8,12H,6-7,9-10H2,1H3,(H,17,18). The van der Waals surface area contributed by atoms with Crippen molar-refractivity contribution in [2.24, 2.45) is 0 Å². The van der Waals surface area contributed by atoms with Crippen molar-refractivity contribution < 1.29 is 4.79 Å². The third kappa shape index (κ3) is 2.58. The Morgan fingerprint density at radius 2 is 2.26 bits per heavy atom. The number of carbonyl (C=O) groups is 1. The zero-order valence-electron chi connectivity index (χ0n) is 12.9. The molecule has 1 aromatic carbocycles. The second-order valence-corrected chi connectivity index (χ2v) is 6.01. The van der Waals surface area contributed by atoms with Crippen LogP contribution in [0, 0.1) is 6.92 Å². The minimum atomic E-state index is 0.0754. The fourth-order valence-corrected chi connectivity index (χ4v) is 3.11. The second kappa shape index (κ2) is 5.49. The first kappa shape index (κ1) is 13.9. The van der Waals surface area contributed by atoms with Crippen LogP contribution in [0.2, 0.25) is 0 Å². The summed E-state index contributed by atoms with van der Waals surface area (Å²) >= 11 is 0. The summed E-state index contributed by atoms with van der Waals surface area (Å²) in [6.45, 7) is 3.68. The summed E-state index contributed by atoms with van der Waals surface area (Å²) in [5.41, 5.74) is 2.75. The van der Waals surface area contributed by atoms with Crippen molar-refractivity contribution in [3.8, 4) is 0 Å². The van der Waals surface area contributed by atoms with E-state index in [2.05, 4.69) is 20.3 Å². The fraction of sp³-hybridized carbons (Fsp3) is 0.375. The van der Waals surface area contributed by atoms with Crippen LogP contribution in [0.25, 0.3) is 11.0 Å². The number of benzene rings is 1. The van der Waals surface area contributed by atoms with E-state index in [1.165, 1.54) is 0 Å². The van der Waals surface area contributed by atoms with Crippen molar-refractivity contribution >= 4 is 16.9 Å². The van der Waals surface area contributed by atoms with Gasteiger partial charge in [0.05, 0.1) is 5.52 Å². The Balaban J connectivity index is 1.46. The molecule has 1 saturated heterocycles. The number of aromatic amines is 1. The number of hydrogen-bond donors (Lipinski definition) is 1. The van der Waals surface area contributed by atoms with Crippen LogP contribution >= 0.6 is 0 Å². The van der Waals surface area contributed by atoms with Gasteiger partial charge in [-0.1, -0.05) is 17.3 Å². The largest absolute Gasteiger partial charge is 0.346 e. The zero-order chi connectivity index (χ0) is 15.8. The fourth-order valence-electron chi connectivity index (χ4n) is 3.11. The third-order valence-corrected chi connectivity index (χ3v) is 4.36. The Morgan fingerprint density at radius 1 is 1.39 bits per heavy atom. The molecule has 7 nitrogen and oxygen atoms in total. The number of amides is 1. The van der Waals surface area contributed by atoms with Crippen LogP contribution in [0.3, 0.4) is 0 Å². The van der Waals surface area contributed by atoms with Gasteiger partial charge in [-0.25, -0.2) is 9.67 Å². The number of rotatable bonds is 3. The third-order valence-electron chi connectivity index (χ3n) is 4.36. The molecule has 1 fully saturated rings. The SMILES string of the molecule is Cc1cnc(C2CCN(C(=O)Cn3nnc4ccccc43)C2)[nH]1. The molecule has 0 radical (unpaired) electrons. The minimum Gasteiger partial charge on any atom is -0.346 e. The monoisotopic (exact) mass is 310 g/mol. The zero-order valence-corrected chi connectivity index (χ0v) is 12.9. The van der Waals surface area contributed by atoms with Gasteiger partial charge in [0.25, 0.3) is 0 Å². The van der Waals surface area contributed by atoms with Gasteiger partial charge in [0.2, 0.25) is 5.91 Å². The van der Waals surface area contributed by atoms with Crippen LogP contribution in [0.15, 0.2) is 30.5 Å². The first-order valence-electron chi connectivity index (χ1n) is 7.78. The molecule has 2 aromatic heterocycles. The molecule has 118 valence electrons. The van der Waals surface area contributed by atoms with E-state index in [1.54, 1.807) is 4.68 Å². The number of fused-ring (bicyclic) bond motifs is 1. The van der Waals surface area contributed by atoms with Gasteiger partial charge in [0.1, 0.15) is 17.9 Å². The van der Waals surface area contributed by atoms with Gasteiger partial charge < -0.3 is 9.88 Å². The van der Waals surface area contributed by atoms with Crippen LogP contribution in [-0.2, 0) is 11.3 Å². The first-order valence-corrected chi connectivity index (χ1v) is 7.78. The average Bonchev–Trinajstić information content (AvgIpc) is 3.27. The van der Waals surface area contributed by atoms with E-state index in [4.69, 9.17) is 0 Å². The van der Waals surface area contributed by atoms with Gasteiger partial charge in [-0.05, 0) is 25.5 Å². The van der Waals surface area contributed by atoms with Crippen LogP contribution in [0.4, 0.5) is 0 Å². The molecule has 1 atom stereocenters. The van der Waals surface area contributed by atoms with E-state index in [-0.39, 0.29) is 12.5 Å². The molecule has 0 bridgehead atoms. The highest BCUT2D eigenvalue weighted by atomic mass is 16.2. The Bertz CT molecular complexity index is 851. The molecule has 7 heteroatoms. The molecule has 0 saturated carbocycles. The molecular formula is C16H18N6O. The number of nitrogens with one attached hydrogen (secondary N) is 1. The lowest BCUT2D eigenvalue weighted by Gasteiger charge is -2.16. The van der Waals surface area contributed by atoms with Crippen molar-refractivity contribution in [2.75, 3.05) is 13.1 Å². The van der Waals surface area contributed by atoms with Crippen molar-refractivity contribution in [1.82, 2.24) is 29.9 Å². The van der Waals surface area contributed by atoms with Gasteiger partial charge in [-0.3, -0.25) is 4.79 Å². The van der Waals surface area contributed by atoms with Gasteiger partial charge in [-0.2, -0.15) is 0 Å². The molecule has 1 unspecified atom stereocenters.